The highest BCUT2D eigenvalue weighted by molar-refractivity contribution is 7.99. The third kappa shape index (κ3) is 3.14. The zero-order chi connectivity index (χ0) is 15.5. The molecular weight excluding hydrogens is 294 g/mol. The molecule has 1 fully saturated rings. The summed E-state index contributed by atoms with van der Waals surface area (Å²) in [5, 5.41) is 3.66. The number of hydrogen-bond donors (Lipinski definition) is 3. The van der Waals surface area contributed by atoms with Crippen LogP contribution in [0.5, 0.6) is 0 Å². The molecule has 1 aliphatic heterocycles. The van der Waals surface area contributed by atoms with Gasteiger partial charge in [0.15, 0.2) is 0 Å². The van der Waals surface area contributed by atoms with Gasteiger partial charge in [0.05, 0.1) is 5.56 Å². The number of benzene rings is 1. The van der Waals surface area contributed by atoms with Crippen molar-refractivity contribution in [3.63, 3.8) is 0 Å². The van der Waals surface area contributed by atoms with Gasteiger partial charge in [0, 0.05) is 28.7 Å². The minimum Gasteiger partial charge on any atom is -0.382 e. The van der Waals surface area contributed by atoms with Gasteiger partial charge in [0.25, 0.3) is 5.91 Å². The third-order valence-electron chi connectivity index (χ3n) is 4.08. The minimum atomic E-state index is -0.394. The van der Waals surface area contributed by atoms with Crippen LogP contribution in [0.25, 0.3) is 11.3 Å². The molecule has 2 aromatic rings. The molecule has 0 unspecified atom stereocenters. The summed E-state index contributed by atoms with van der Waals surface area (Å²) in [4.78, 5) is 14.7. The van der Waals surface area contributed by atoms with E-state index in [9.17, 15) is 4.79 Å². The van der Waals surface area contributed by atoms with Gasteiger partial charge in [0.1, 0.15) is 0 Å². The molecule has 1 saturated heterocycles. The van der Waals surface area contributed by atoms with Crippen LogP contribution in [0.1, 0.15) is 28.9 Å². The molecule has 0 spiro atoms. The number of nitrogens with two attached hydrogens (primary N) is 1. The predicted octanol–water partition coefficient (Wildman–Crippen LogP) is 3.40. The Balaban J connectivity index is 1.90. The molecule has 1 aliphatic rings. The van der Waals surface area contributed by atoms with Gasteiger partial charge in [-0.1, -0.05) is 18.2 Å². The maximum absolute atomic E-state index is 11.5. The zero-order valence-corrected chi connectivity index (χ0v) is 13.5. The summed E-state index contributed by atoms with van der Waals surface area (Å²) in [6.07, 6.45) is 2.38. The number of aryl methyl sites for hydroxylation is 1. The van der Waals surface area contributed by atoms with Gasteiger partial charge in [-0.05, 0) is 43.4 Å². The van der Waals surface area contributed by atoms with E-state index < -0.39 is 5.91 Å². The molecule has 4 N–H and O–H groups in total. The van der Waals surface area contributed by atoms with Crippen LogP contribution in [0.3, 0.4) is 0 Å². The summed E-state index contributed by atoms with van der Waals surface area (Å²) in [5.74, 6) is 2.04. The van der Waals surface area contributed by atoms with Crippen molar-refractivity contribution in [2.24, 2.45) is 5.73 Å². The fourth-order valence-corrected chi connectivity index (χ4v) is 3.97. The van der Waals surface area contributed by atoms with E-state index in [1.807, 2.05) is 36.9 Å². The first-order valence-corrected chi connectivity index (χ1v) is 8.73. The molecule has 116 valence electrons. The van der Waals surface area contributed by atoms with Gasteiger partial charge >= 0.3 is 0 Å². The summed E-state index contributed by atoms with van der Waals surface area (Å²) in [6.45, 7) is 1.87. The van der Waals surface area contributed by atoms with E-state index >= 15 is 0 Å². The van der Waals surface area contributed by atoms with E-state index in [0.29, 0.717) is 11.6 Å². The summed E-state index contributed by atoms with van der Waals surface area (Å²) in [6, 6.07) is 10.6. The van der Waals surface area contributed by atoms with Crippen LogP contribution in [-0.2, 0) is 0 Å². The Kier molecular flexibility index (Phi) is 4.43. The number of aromatic nitrogens is 1. The lowest BCUT2D eigenvalue weighted by Gasteiger charge is -2.24. The Labute approximate surface area is 134 Å². The largest absolute Gasteiger partial charge is 0.382 e. The number of rotatable bonds is 4. The number of thioether (sulfide) groups is 1. The molecule has 1 aromatic carbocycles. The minimum absolute atomic E-state index is 0.394. The van der Waals surface area contributed by atoms with Gasteiger partial charge in [-0.2, -0.15) is 11.8 Å². The second-order valence-corrected chi connectivity index (χ2v) is 6.89. The van der Waals surface area contributed by atoms with Crippen LogP contribution in [0.2, 0.25) is 0 Å². The van der Waals surface area contributed by atoms with Crippen LogP contribution in [0, 0.1) is 6.92 Å². The molecule has 5 heteroatoms. The number of anilines is 1. The second kappa shape index (κ2) is 6.48. The summed E-state index contributed by atoms with van der Waals surface area (Å²) in [5.41, 5.74) is 9.90. The van der Waals surface area contributed by atoms with Crippen molar-refractivity contribution in [2.45, 2.75) is 25.8 Å². The highest BCUT2D eigenvalue weighted by atomic mass is 32.2. The summed E-state index contributed by atoms with van der Waals surface area (Å²) >= 11 is 2.02. The van der Waals surface area contributed by atoms with Crippen molar-refractivity contribution in [1.82, 2.24) is 4.98 Å². The zero-order valence-electron chi connectivity index (χ0n) is 12.7. The molecule has 0 saturated carbocycles. The lowest BCUT2D eigenvalue weighted by molar-refractivity contribution is 0.1000. The normalized spacial score (nSPS) is 15.7. The maximum atomic E-state index is 11.5. The first-order chi connectivity index (χ1) is 10.6. The van der Waals surface area contributed by atoms with E-state index in [4.69, 9.17) is 5.73 Å². The lowest BCUT2D eigenvalue weighted by atomic mass is 10.1. The maximum Gasteiger partial charge on any atom is 0.250 e. The van der Waals surface area contributed by atoms with Crippen molar-refractivity contribution >= 4 is 23.4 Å². The molecule has 4 nitrogen and oxygen atoms in total. The van der Waals surface area contributed by atoms with Crippen LogP contribution >= 0.6 is 11.8 Å². The first kappa shape index (κ1) is 15.0. The number of carbonyl (C=O) groups is 1. The summed E-state index contributed by atoms with van der Waals surface area (Å²) < 4.78 is 0. The van der Waals surface area contributed by atoms with Crippen LogP contribution < -0.4 is 11.1 Å². The number of H-pyrrole nitrogens is 1. The topological polar surface area (TPSA) is 70.9 Å². The Bertz CT molecular complexity index is 674. The number of hydrogen-bond acceptors (Lipinski definition) is 3. The van der Waals surface area contributed by atoms with Gasteiger partial charge in [-0.25, -0.2) is 0 Å². The molecule has 0 aliphatic carbocycles. The van der Waals surface area contributed by atoms with Crippen molar-refractivity contribution in [2.75, 3.05) is 16.8 Å². The van der Waals surface area contributed by atoms with Crippen molar-refractivity contribution in [3.8, 4) is 11.3 Å². The SMILES string of the molecule is Cc1[nH]c(-c2ccccc2NC2CCSCC2)cc1C(N)=O. The molecule has 22 heavy (non-hydrogen) atoms. The second-order valence-electron chi connectivity index (χ2n) is 5.66. The average molecular weight is 315 g/mol. The van der Waals surface area contributed by atoms with Crippen LogP contribution in [0.4, 0.5) is 5.69 Å². The quantitative estimate of drug-likeness (QED) is 0.810. The van der Waals surface area contributed by atoms with E-state index in [1.165, 1.54) is 24.3 Å². The Morgan fingerprint density at radius 3 is 2.73 bits per heavy atom. The van der Waals surface area contributed by atoms with Crippen molar-refractivity contribution in [1.29, 1.82) is 0 Å². The standard InChI is InChI=1S/C17H21N3OS/c1-11-14(17(18)21)10-16(19-11)13-4-2-3-5-15(13)20-12-6-8-22-9-7-12/h2-5,10,12,19-20H,6-9H2,1H3,(H2,18,21). The highest BCUT2D eigenvalue weighted by Gasteiger charge is 2.17. The first-order valence-electron chi connectivity index (χ1n) is 7.58. The van der Waals surface area contributed by atoms with E-state index in [2.05, 4.69) is 22.4 Å². The highest BCUT2D eigenvalue weighted by Crippen LogP contribution is 2.31. The fraction of sp³-hybridized carbons (Fsp3) is 0.353. The Hall–Kier alpha value is -1.88. The molecule has 1 amide bonds. The van der Waals surface area contributed by atoms with Gasteiger partial charge < -0.3 is 16.0 Å². The van der Waals surface area contributed by atoms with E-state index in [1.54, 1.807) is 0 Å². The lowest BCUT2D eigenvalue weighted by Crippen LogP contribution is -2.24. The van der Waals surface area contributed by atoms with Crippen molar-refractivity contribution < 1.29 is 4.79 Å². The monoisotopic (exact) mass is 315 g/mol. The number of aromatic amines is 1. The molecule has 2 heterocycles. The predicted molar refractivity (Wildman–Crippen MR) is 93.5 cm³/mol. The summed E-state index contributed by atoms with van der Waals surface area (Å²) in [7, 11) is 0. The van der Waals surface area contributed by atoms with Crippen molar-refractivity contribution in [3.05, 3.63) is 41.6 Å². The van der Waals surface area contributed by atoms with Gasteiger partial charge in [-0.15, -0.1) is 0 Å². The van der Waals surface area contributed by atoms with Gasteiger partial charge in [-0.3, -0.25) is 4.79 Å². The molecule has 3 rings (SSSR count). The third-order valence-corrected chi connectivity index (χ3v) is 5.13. The van der Waals surface area contributed by atoms with Gasteiger partial charge in [0.2, 0.25) is 0 Å². The number of nitrogens with one attached hydrogen (secondary N) is 2. The molecule has 0 atom stereocenters. The van der Waals surface area contributed by atoms with Crippen LogP contribution in [-0.4, -0.2) is 28.4 Å². The number of amides is 1. The molecule has 1 aromatic heterocycles. The van der Waals surface area contributed by atoms with E-state index in [-0.39, 0.29) is 0 Å². The molecular formula is C17H21N3OS. The smallest absolute Gasteiger partial charge is 0.250 e. The number of carbonyl (C=O) groups excluding carboxylic acids is 1. The average Bonchev–Trinajstić information content (AvgIpc) is 2.91. The molecule has 0 radical (unpaired) electrons. The Morgan fingerprint density at radius 2 is 2.05 bits per heavy atom. The number of para-hydroxylation sites is 1. The number of primary amides is 1. The van der Waals surface area contributed by atoms with E-state index in [0.717, 1.165) is 22.6 Å². The fourth-order valence-electron chi connectivity index (χ4n) is 2.86. The molecule has 0 bridgehead atoms. The Morgan fingerprint density at radius 1 is 1.32 bits per heavy atom. The van der Waals surface area contributed by atoms with Crippen LogP contribution in [0.15, 0.2) is 30.3 Å².